The fraction of sp³-hybridized carbons (Fsp3) is 0.667. The third-order valence-electron chi connectivity index (χ3n) is 1.78. The summed E-state index contributed by atoms with van der Waals surface area (Å²) in [6.45, 7) is 0.642. The lowest BCUT2D eigenvalue weighted by Gasteiger charge is -2.03. The SMILES string of the molecule is Cl.O=C1OCCN1O[P+](=O)ON1CCOC1=O. The molecule has 2 saturated heterocycles. The van der Waals surface area contributed by atoms with Gasteiger partial charge in [0.1, 0.15) is 13.2 Å². The number of hydroxylamine groups is 4. The topological polar surface area (TPSA) is 94.6 Å². The van der Waals surface area contributed by atoms with Crippen molar-refractivity contribution in [3.63, 3.8) is 0 Å². The summed E-state index contributed by atoms with van der Waals surface area (Å²) in [6.07, 6.45) is -1.48. The number of nitrogens with zero attached hydrogens (tertiary/aromatic N) is 2. The summed E-state index contributed by atoms with van der Waals surface area (Å²) in [5, 5.41) is 1.53. The molecular weight excluding hydrogens is 278 g/mol. The van der Waals surface area contributed by atoms with Gasteiger partial charge in [0.25, 0.3) is 0 Å². The number of amides is 2. The van der Waals surface area contributed by atoms with E-state index in [4.69, 9.17) is 0 Å². The average Bonchev–Trinajstić information content (AvgIpc) is 2.79. The van der Waals surface area contributed by atoms with E-state index in [1.807, 2.05) is 0 Å². The first-order valence-corrected chi connectivity index (χ1v) is 5.48. The van der Waals surface area contributed by atoms with Crippen LogP contribution in [0.3, 0.4) is 0 Å². The maximum absolute atomic E-state index is 11.3. The molecule has 0 saturated carbocycles. The minimum absolute atomic E-state index is 0. The van der Waals surface area contributed by atoms with Gasteiger partial charge in [0.15, 0.2) is 0 Å². The molecule has 0 N–H and O–H groups in total. The molecule has 0 spiro atoms. The number of halogens is 1. The molecule has 2 rings (SSSR count). The molecule has 0 aromatic heterocycles. The summed E-state index contributed by atoms with van der Waals surface area (Å²) in [5.74, 6) is 0. The van der Waals surface area contributed by atoms with Gasteiger partial charge in [0, 0.05) is 13.8 Å². The van der Waals surface area contributed by atoms with Gasteiger partial charge in [0.05, 0.1) is 13.1 Å². The van der Waals surface area contributed by atoms with Crippen molar-refractivity contribution in [1.82, 2.24) is 10.1 Å². The van der Waals surface area contributed by atoms with Crippen molar-refractivity contribution in [2.75, 3.05) is 26.3 Å². The van der Waals surface area contributed by atoms with E-state index < -0.39 is 20.4 Å². The van der Waals surface area contributed by atoms with Crippen LogP contribution in [-0.2, 0) is 23.3 Å². The maximum Gasteiger partial charge on any atom is 0.747 e. The quantitative estimate of drug-likeness (QED) is 0.707. The number of ether oxygens (including phenoxy) is 2. The first-order valence-electron chi connectivity index (χ1n) is 4.39. The fourth-order valence-electron chi connectivity index (χ4n) is 1.08. The Labute approximate surface area is 103 Å². The van der Waals surface area contributed by atoms with Crippen LogP contribution in [0.15, 0.2) is 0 Å². The van der Waals surface area contributed by atoms with Crippen molar-refractivity contribution in [1.29, 1.82) is 0 Å². The van der Waals surface area contributed by atoms with E-state index in [2.05, 4.69) is 18.7 Å². The van der Waals surface area contributed by atoms with E-state index in [1.54, 1.807) is 0 Å². The van der Waals surface area contributed by atoms with Gasteiger partial charge in [-0.25, -0.2) is 9.59 Å². The highest BCUT2D eigenvalue weighted by Crippen LogP contribution is 2.29. The standard InChI is InChI=1S/C6H8N2O7P.ClH/c9-5-7(1-3-12-5)14-16(11)15-8-2-4-13-6(8)10;/h1-4H2;1H/q+1;. The summed E-state index contributed by atoms with van der Waals surface area (Å²) in [7, 11) is -2.66. The maximum atomic E-state index is 11.3. The molecule has 11 heteroatoms. The van der Waals surface area contributed by atoms with Gasteiger partial charge < -0.3 is 9.47 Å². The zero-order valence-corrected chi connectivity index (χ0v) is 10.1. The normalized spacial score (nSPS) is 18.8. The third-order valence-corrected chi connectivity index (χ3v) is 2.44. The van der Waals surface area contributed by atoms with Crippen LogP contribution in [0.2, 0.25) is 0 Å². The third kappa shape index (κ3) is 3.40. The Morgan fingerprint density at radius 1 is 1.00 bits per heavy atom. The van der Waals surface area contributed by atoms with E-state index in [-0.39, 0.29) is 38.7 Å². The molecule has 96 valence electrons. The molecule has 2 amide bonds. The van der Waals surface area contributed by atoms with E-state index in [9.17, 15) is 14.2 Å². The largest absolute Gasteiger partial charge is 0.747 e. The Morgan fingerprint density at radius 3 is 1.71 bits per heavy atom. The van der Waals surface area contributed by atoms with Crippen LogP contribution < -0.4 is 0 Å². The smallest absolute Gasteiger partial charge is 0.446 e. The first kappa shape index (κ1) is 13.9. The van der Waals surface area contributed by atoms with Crippen molar-refractivity contribution in [2.24, 2.45) is 0 Å². The molecule has 2 heterocycles. The number of hydrogen-bond acceptors (Lipinski definition) is 7. The highest BCUT2D eigenvalue weighted by Gasteiger charge is 2.40. The highest BCUT2D eigenvalue weighted by atomic mass is 35.5. The van der Waals surface area contributed by atoms with E-state index >= 15 is 0 Å². The molecule has 0 aromatic rings. The van der Waals surface area contributed by atoms with Crippen molar-refractivity contribution >= 4 is 32.8 Å². The Morgan fingerprint density at radius 2 is 1.41 bits per heavy atom. The summed E-state index contributed by atoms with van der Waals surface area (Å²) in [4.78, 5) is 21.8. The second kappa shape index (κ2) is 5.97. The summed E-state index contributed by atoms with van der Waals surface area (Å²) >= 11 is 0. The predicted octanol–water partition coefficient (Wildman–Crippen LogP) is 0.833. The van der Waals surface area contributed by atoms with E-state index in [0.717, 1.165) is 10.1 Å². The minimum atomic E-state index is -2.66. The number of cyclic esters (lactones) is 2. The predicted molar refractivity (Wildman–Crippen MR) is 53.1 cm³/mol. The van der Waals surface area contributed by atoms with Crippen LogP contribution >= 0.6 is 20.7 Å². The average molecular weight is 288 g/mol. The van der Waals surface area contributed by atoms with E-state index in [1.165, 1.54) is 0 Å². The van der Waals surface area contributed by atoms with Gasteiger partial charge in [0.2, 0.25) is 0 Å². The van der Waals surface area contributed by atoms with E-state index in [0.29, 0.717) is 0 Å². The summed E-state index contributed by atoms with van der Waals surface area (Å²) in [6, 6.07) is 0. The van der Waals surface area contributed by atoms with Crippen molar-refractivity contribution in [2.45, 2.75) is 0 Å². The van der Waals surface area contributed by atoms with Gasteiger partial charge in [-0.2, -0.15) is 0 Å². The molecule has 0 unspecified atom stereocenters. The molecular formula is C6H9ClN2O7P+. The molecule has 2 aliphatic rings. The molecule has 2 aliphatic heterocycles. The van der Waals surface area contributed by atoms with Crippen LogP contribution in [0.1, 0.15) is 0 Å². The van der Waals surface area contributed by atoms with Crippen molar-refractivity contribution in [3.05, 3.63) is 0 Å². The monoisotopic (exact) mass is 287 g/mol. The Hall–Kier alpha value is -1.15. The molecule has 0 bridgehead atoms. The van der Waals surface area contributed by atoms with Gasteiger partial charge in [-0.05, 0) is 0 Å². The lowest BCUT2D eigenvalue weighted by atomic mass is 10.7. The van der Waals surface area contributed by atoms with Gasteiger partial charge in [-0.15, -0.1) is 22.5 Å². The first-order chi connectivity index (χ1) is 7.66. The van der Waals surface area contributed by atoms with Crippen molar-refractivity contribution < 1.29 is 32.9 Å². The number of hydrogen-bond donors (Lipinski definition) is 0. The molecule has 0 aliphatic carbocycles. The Bertz CT molecular complexity index is 310. The number of carbonyl (C=O) groups is 2. The molecule has 2 fully saturated rings. The lowest BCUT2D eigenvalue weighted by molar-refractivity contribution is -0.0570. The van der Waals surface area contributed by atoms with Crippen molar-refractivity contribution in [3.8, 4) is 0 Å². The van der Waals surface area contributed by atoms with Crippen LogP contribution in [0.4, 0.5) is 9.59 Å². The summed E-state index contributed by atoms with van der Waals surface area (Å²) in [5.41, 5.74) is 0. The zero-order valence-electron chi connectivity index (χ0n) is 8.44. The second-order valence-corrected chi connectivity index (χ2v) is 3.59. The summed E-state index contributed by atoms with van der Waals surface area (Å²) < 4.78 is 29.6. The molecule has 17 heavy (non-hydrogen) atoms. The number of rotatable bonds is 4. The molecule has 0 atom stereocenters. The second-order valence-electron chi connectivity index (χ2n) is 2.82. The van der Waals surface area contributed by atoms with Crippen LogP contribution in [0, 0.1) is 0 Å². The van der Waals surface area contributed by atoms with Gasteiger partial charge in [-0.1, -0.05) is 0 Å². The Kier molecular flexibility index (Phi) is 4.88. The minimum Gasteiger partial charge on any atom is -0.446 e. The van der Waals surface area contributed by atoms with Gasteiger partial charge in [-0.3, -0.25) is 0 Å². The Balaban J connectivity index is 0.00000144. The highest BCUT2D eigenvalue weighted by molar-refractivity contribution is 7.33. The van der Waals surface area contributed by atoms with Crippen LogP contribution in [0.25, 0.3) is 0 Å². The number of carbonyl (C=O) groups excluding carboxylic acids is 2. The fourth-order valence-corrected chi connectivity index (χ4v) is 1.73. The molecule has 9 nitrogen and oxygen atoms in total. The lowest BCUT2D eigenvalue weighted by Crippen LogP contribution is -2.25. The van der Waals surface area contributed by atoms with Gasteiger partial charge >= 0.3 is 20.4 Å². The molecule has 0 aromatic carbocycles. The van der Waals surface area contributed by atoms with Crippen LogP contribution in [-0.4, -0.2) is 48.6 Å². The molecule has 0 radical (unpaired) electrons. The van der Waals surface area contributed by atoms with Crippen LogP contribution in [0.5, 0.6) is 0 Å². The zero-order chi connectivity index (χ0) is 11.5.